The van der Waals surface area contributed by atoms with Gasteiger partial charge in [0.25, 0.3) is 0 Å². The highest BCUT2D eigenvalue weighted by Crippen LogP contribution is 2.15. The fourth-order valence-corrected chi connectivity index (χ4v) is 2.68. The predicted molar refractivity (Wildman–Crippen MR) is 81.5 cm³/mol. The van der Waals surface area contributed by atoms with E-state index in [4.69, 9.17) is 16.3 Å². The van der Waals surface area contributed by atoms with E-state index in [0.717, 1.165) is 26.1 Å². The highest BCUT2D eigenvalue weighted by Gasteiger charge is 2.16. The van der Waals surface area contributed by atoms with E-state index in [2.05, 4.69) is 4.90 Å². The summed E-state index contributed by atoms with van der Waals surface area (Å²) < 4.78 is 5.71. The Hall–Kier alpha value is -0.900. The summed E-state index contributed by atoms with van der Waals surface area (Å²) in [7, 11) is 2.04. The summed E-state index contributed by atoms with van der Waals surface area (Å²) in [4.78, 5) is 14.3. The molecule has 0 radical (unpaired) electrons. The Morgan fingerprint density at radius 1 is 1.45 bits per heavy atom. The van der Waals surface area contributed by atoms with Crippen molar-refractivity contribution in [3.63, 3.8) is 0 Å². The quantitative estimate of drug-likeness (QED) is 0.753. The number of hydrogen-bond acceptors (Lipinski definition) is 3. The van der Waals surface area contributed by atoms with Gasteiger partial charge in [0.1, 0.15) is 0 Å². The first-order valence-corrected chi connectivity index (χ1v) is 7.62. The second-order valence-corrected chi connectivity index (χ2v) is 5.87. The van der Waals surface area contributed by atoms with Gasteiger partial charge in [-0.2, -0.15) is 0 Å². The predicted octanol–water partition coefficient (Wildman–Crippen LogP) is 3.41. The van der Waals surface area contributed by atoms with Crippen LogP contribution in [-0.2, 0) is 4.74 Å². The molecule has 0 N–H and O–H groups in total. The molecule has 0 aromatic heterocycles. The monoisotopic (exact) mass is 295 g/mol. The number of ketones is 1. The molecule has 4 heteroatoms. The molecule has 1 aliphatic rings. The average Bonchev–Trinajstić information content (AvgIpc) is 2.46. The number of carbonyl (C=O) groups is 1. The largest absolute Gasteiger partial charge is 0.377 e. The van der Waals surface area contributed by atoms with Crippen LogP contribution in [0.1, 0.15) is 36.0 Å². The standard InChI is InChI=1S/C16H22ClNO2/c1-18(12-15-7-2-3-10-20-15)9-8-16(19)13-5-4-6-14(17)11-13/h4-6,11,15H,2-3,7-10,12H2,1H3. The number of carbonyl (C=O) groups excluding carboxylic acids is 1. The second-order valence-electron chi connectivity index (χ2n) is 5.43. The Morgan fingerprint density at radius 2 is 2.30 bits per heavy atom. The smallest absolute Gasteiger partial charge is 0.164 e. The van der Waals surface area contributed by atoms with E-state index in [1.54, 1.807) is 12.1 Å². The van der Waals surface area contributed by atoms with Gasteiger partial charge >= 0.3 is 0 Å². The summed E-state index contributed by atoms with van der Waals surface area (Å²) in [5.41, 5.74) is 0.694. The normalized spacial score (nSPS) is 19.2. The lowest BCUT2D eigenvalue weighted by Crippen LogP contribution is -2.34. The van der Waals surface area contributed by atoms with Crippen LogP contribution in [0.25, 0.3) is 0 Å². The van der Waals surface area contributed by atoms with E-state index in [-0.39, 0.29) is 5.78 Å². The van der Waals surface area contributed by atoms with Crippen LogP contribution in [0.15, 0.2) is 24.3 Å². The molecule has 1 heterocycles. The molecule has 1 saturated heterocycles. The average molecular weight is 296 g/mol. The molecule has 1 aliphatic heterocycles. The molecule has 110 valence electrons. The third-order valence-corrected chi connectivity index (χ3v) is 3.89. The van der Waals surface area contributed by atoms with Gasteiger partial charge < -0.3 is 9.64 Å². The number of hydrogen-bond donors (Lipinski definition) is 0. The SMILES string of the molecule is CN(CCC(=O)c1cccc(Cl)c1)CC1CCCCO1. The van der Waals surface area contributed by atoms with Gasteiger partial charge in [-0.1, -0.05) is 23.7 Å². The number of nitrogens with zero attached hydrogens (tertiary/aromatic N) is 1. The van der Waals surface area contributed by atoms with Gasteiger partial charge in [-0.3, -0.25) is 4.79 Å². The molecule has 0 amide bonds. The lowest BCUT2D eigenvalue weighted by atomic mass is 10.1. The van der Waals surface area contributed by atoms with E-state index in [0.29, 0.717) is 23.1 Å². The van der Waals surface area contributed by atoms with Crippen molar-refractivity contribution in [1.29, 1.82) is 0 Å². The first-order chi connectivity index (χ1) is 9.65. The summed E-state index contributed by atoms with van der Waals surface area (Å²) in [5.74, 6) is 0.143. The van der Waals surface area contributed by atoms with Crippen LogP contribution in [0, 0.1) is 0 Å². The van der Waals surface area contributed by atoms with E-state index in [1.807, 2.05) is 19.2 Å². The van der Waals surface area contributed by atoms with E-state index in [9.17, 15) is 4.79 Å². The van der Waals surface area contributed by atoms with Crippen molar-refractivity contribution >= 4 is 17.4 Å². The van der Waals surface area contributed by atoms with Crippen molar-refractivity contribution in [1.82, 2.24) is 4.90 Å². The van der Waals surface area contributed by atoms with Gasteiger partial charge in [-0.15, -0.1) is 0 Å². The van der Waals surface area contributed by atoms with E-state index >= 15 is 0 Å². The van der Waals surface area contributed by atoms with Crippen LogP contribution in [0.2, 0.25) is 5.02 Å². The van der Waals surface area contributed by atoms with Gasteiger partial charge in [-0.05, 0) is 38.4 Å². The molecular weight excluding hydrogens is 274 g/mol. The Balaban J connectivity index is 1.75. The summed E-state index contributed by atoms with van der Waals surface area (Å²) >= 11 is 5.90. The third kappa shape index (κ3) is 4.89. The lowest BCUT2D eigenvalue weighted by molar-refractivity contribution is -0.00144. The number of rotatable bonds is 6. The molecule has 0 saturated carbocycles. The molecule has 1 unspecified atom stereocenters. The maximum absolute atomic E-state index is 12.1. The maximum Gasteiger partial charge on any atom is 0.164 e. The Bertz CT molecular complexity index is 444. The van der Waals surface area contributed by atoms with Crippen LogP contribution in [0.4, 0.5) is 0 Å². The highest BCUT2D eigenvalue weighted by atomic mass is 35.5. The minimum Gasteiger partial charge on any atom is -0.377 e. The molecule has 20 heavy (non-hydrogen) atoms. The number of ether oxygens (including phenoxy) is 1. The molecule has 3 nitrogen and oxygen atoms in total. The maximum atomic E-state index is 12.1. The molecule has 2 rings (SSSR count). The summed E-state index contributed by atoms with van der Waals surface area (Å²) in [6.07, 6.45) is 4.40. The molecule has 1 fully saturated rings. The molecule has 0 aliphatic carbocycles. The van der Waals surface area contributed by atoms with Gasteiger partial charge in [0, 0.05) is 36.7 Å². The molecule has 1 aromatic carbocycles. The van der Waals surface area contributed by atoms with Crippen LogP contribution < -0.4 is 0 Å². The fourth-order valence-electron chi connectivity index (χ4n) is 2.49. The van der Waals surface area contributed by atoms with Crippen LogP contribution in [-0.4, -0.2) is 43.5 Å². The minimum atomic E-state index is 0.143. The Labute approximate surface area is 125 Å². The van der Waals surface area contributed by atoms with Crippen molar-refractivity contribution in [3.05, 3.63) is 34.9 Å². The fraction of sp³-hybridized carbons (Fsp3) is 0.562. The van der Waals surface area contributed by atoms with E-state index in [1.165, 1.54) is 12.8 Å². The van der Waals surface area contributed by atoms with Gasteiger partial charge in [0.05, 0.1) is 6.10 Å². The van der Waals surface area contributed by atoms with Crippen molar-refractivity contribution < 1.29 is 9.53 Å². The first kappa shape index (κ1) is 15.5. The highest BCUT2D eigenvalue weighted by molar-refractivity contribution is 6.31. The summed E-state index contributed by atoms with van der Waals surface area (Å²) in [5, 5.41) is 0.611. The third-order valence-electron chi connectivity index (χ3n) is 3.66. The zero-order valence-corrected chi connectivity index (χ0v) is 12.7. The van der Waals surface area contributed by atoms with E-state index < -0.39 is 0 Å². The minimum absolute atomic E-state index is 0.143. The van der Waals surface area contributed by atoms with Crippen LogP contribution >= 0.6 is 11.6 Å². The molecule has 0 spiro atoms. The lowest BCUT2D eigenvalue weighted by Gasteiger charge is -2.27. The van der Waals surface area contributed by atoms with Gasteiger partial charge in [0.15, 0.2) is 5.78 Å². The van der Waals surface area contributed by atoms with Crippen molar-refractivity contribution in [2.45, 2.75) is 31.8 Å². The van der Waals surface area contributed by atoms with Crippen molar-refractivity contribution in [2.75, 3.05) is 26.7 Å². The van der Waals surface area contributed by atoms with Gasteiger partial charge in [0.2, 0.25) is 0 Å². The topological polar surface area (TPSA) is 29.5 Å². The van der Waals surface area contributed by atoms with Crippen LogP contribution in [0.5, 0.6) is 0 Å². The van der Waals surface area contributed by atoms with Gasteiger partial charge in [-0.25, -0.2) is 0 Å². The zero-order chi connectivity index (χ0) is 14.4. The molecule has 1 atom stereocenters. The summed E-state index contributed by atoms with van der Waals surface area (Å²) in [6.45, 7) is 2.54. The number of benzene rings is 1. The van der Waals surface area contributed by atoms with Crippen molar-refractivity contribution in [3.8, 4) is 0 Å². The number of likely N-dealkylation sites (N-methyl/N-ethyl adjacent to an activating group) is 1. The Morgan fingerprint density at radius 3 is 3.00 bits per heavy atom. The molecular formula is C16H22ClNO2. The first-order valence-electron chi connectivity index (χ1n) is 7.24. The van der Waals surface area contributed by atoms with Crippen molar-refractivity contribution in [2.24, 2.45) is 0 Å². The molecule has 1 aromatic rings. The summed E-state index contributed by atoms with van der Waals surface area (Å²) in [6, 6.07) is 7.15. The second kappa shape index (κ2) is 7.77. The number of Topliss-reactive ketones (excluding diaryl/α,β-unsaturated/α-hetero) is 1. The Kier molecular flexibility index (Phi) is 6.02. The number of halogens is 1. The zero-order valence-electron chi connectivity index (χ0n) is 12.0. The van der Waals surface area contributed by atoms with Crippen LogP contribution in [0.3, 0.4) is 0 Å². The molecule has 0 bridgehead atoms.